The molecule has 14 heavy (non-hydrogen) atoms. The van der Waals surface area contributed by atoms with Gasteiger partial charge in [-0.25, -0.2) is 9.78 Å². The largest absolute Gasteiger partial charge is 0.466 e. The van der Waals surface area contributed by atoms with E-state index in [1.165, 1.54) is 25.4 Å². The van der Waals surface area contributed by atoms with Crippen LogP contribution in [0.1, 0.15) is 5.56 Å². The van der Waals surface area contributed by atoms with Crippen LogP contribution in [0.5, 0.6) is 0 Å². The molecule has 3 nitrogen and oxygen atoms in total. The first-order valence-electron chi connectivity index (χ1n) is 3.70. The van der Waals surface area contributed by atoms with Crippen molar-refractivity contribution in [2.45, 2.75) is 0 Å². The highest BCUT2D eigenvalue weighted by Crippen LogP contribution is 2.14. The van der Waals surface area contributed by atoms with Gasteiger partial charge in [-0.15, -0.1) is 0 Å². The SMILES string of the molecule is COC(=O)C=Cc1cc(Br)cnc1F. The van der Waals surface area contributed by atoms with Crippen LogP contribution in [0.25, 0.3) is 6.08 Å². The van der Waals surface area contributed by atoms with E-state index in [0.29, 0.717) is 4.47 Å². The minimum atomic E-state index is -0.631. The fourth-order valence-electron chi connectivity index (χ4n) is 0.781. The Balaban J connectivity index is 2.90. The first kappa shape index (κ1) is 10.8. The van der Waals surface area contributed by atoms with Crippen molar-refractivity contribution in [3.05, 3.63) is 34.3 Å². The molecule has 0 aliphatic rings. The number of carbonyl (C=O) groups excluding carboxylic acids is 1. The number of hydrogen-bond acceptors (Lipinski definition) is 3. The lowest BCUT2D eigenvalue weighted by molar-refractivity contribution is -0.134. The van der Waals surface area contributed by atoms with Crippen LogP contribution in [0.3, 0.4) is 0 Å². The molecule has 0 unspecified atom stereocenters. The van der Waals surface area contributed by atoms with Crippen molar-refractivity contribution in [1.82, 2.24) is 4.98 Å². The lowest BCUT2D eigenvalue weighted by Gasteiger charge is -1.96. The smallest absolute Gasteiger partial charge is 0.330 e. The number of esters is 1. The number of aromatic nitrogens is 1. The Morgan fingerprint density at radius 3 is 3.07 bits per heavy atom. The zero-order chi connectivity index (χ0) is 10.6. The first-order chi connectivity index (χ1) is 6.63. The number of ether oxygens (including phenoxy) is 1. The summed E-state index contributed by atoms with van der Waals surface area (Å²) in [5, 5.41) is 0. The summed E-state index contributed by atoms with van der Waals surface area (Å²) < 4.78 is 18.0. The molecule has 0 N–H and O–H groups in total. The molecule has 0 aliphatic heterocycles. The Morgan fingerprint density at radius 2 is 2.43 bits per heavy atom. The van der Waals surface area contributed by atoms with E-state index in [4.69, 9.17) is 0 Å². The summed E-state index contributed by atoms with van der Waals surface area (Å²) in [6.07, 6.45) is 3.77. The molecule has 74 valence electrons. The second kappa shape index (κ2) is 4.85. The average Bonchev–Trinajstić information content (AvgIpc) is 2.19. The molecule has 0 saturated carbocycles. The zero-order valence-corrected chi connectivity index (χ0v) is 8.92. The summed E-state index contributed by atoms with van der Waals surface area (Å²) in [6, 6.07) is 1.52. The summed E-state index contributed by atoms with van der Waals surface area (Å²) in [7, 11) is 1.25. The topological polar surface area (TPSA) is 39.2 Å². The van der Waals surface area contributed by atoms with Gasteiger partial charge in [0.2, 0.25) is 5.95 Å². The van der Waals surface area contributed by atoms with Gasteiger partial charge in [0.25, 0.3) is 0 Å². The number of rotatable bonds is 2. The molecule has 1 aromatic heterocycles. The minimum absolute atomic E-state index is 0.227. The van der Waals surface area contributed by atoms with E-state index < -0.39 is 11.9 Å². The third kappa shape index (κ3) is 2.92. The molecule has 0 radical (unpaired) electrons. The van der Waals surface area contributed by atoms with Crippen LogP contribution in [-0.4, -0.2) is 18.1 Å². The summed E-state index contributed by atoms with van der Waals surface area (Å²) >= 11 is 3.14. The average molecular weight is 260 g/mol. The van der Waals surface area contributed by atoms with Crippen LogP contribution in [-0.2, 0) is 9.53 Å². The van der Waals surface area contributed by atoms with Gasteiger partial charge >= 0.3 is 5.97 Å². The number of halogens is 2. The number of nitrogens with zero attached hydrogens (tertiary/aromatic N) is 1. The maximum absolute atomic E-state index is 13.0. The van der Waals surface area contributed by atoms with Crippen molar-refractivity contribution < 1.29 is 13.9 Å². The van der Waals surface area contributed by atoms with E-state index >= 15 is 0 Å². The Hall–Kier alpha value is -1.23. The van der Waals surface area contributed by atoms with Crippen LogP contribution >= 0.6 is 15.9 Å². The fraction of sp³-hybridized carbons (Fsp3) is 0.111. The van der Waals surface area contributed by atoms with E-state index in [-0.39, 0.29) is 5.56 Å². The van der Waals surface area contributed by atoms with Crippen molar-refractivity contribution in [3.8, 4) is 0 Å². The number of pyridine rings is 1. The van der Waals surface area contributed by atoms with E-state index in [1.807, 2.05) is 0 Å². The maximum Gasteiger partial charge on any atom is 0.330 e. The zero-order valence-electron chi connectivity index (χ0n) is 7.33. The first-order valence-corrected chi connectivity index (χ1v) is 4.50. The van der Waals surface area contributed by atoms with Crippen molar-refractivity contribution in [3.63, 3.8) is 0 Å². The second-order valence-electron chi connectivity index (χ2n) is 2.39. The molecule has 0 fully saturated rings. The molecule has 0 amide bonds. The fourth-order valence-corrected chi connectivity index (χ4v) is 1.13. The van der Waals surface area contributed by atoms with Crippen molar-refractivity contribution in [1.29, 1.82) is 0 Å². The van der Waals surface area contributed by atoms with Gasteiger partial charge in [0.15, 0.2) is 0 Å². The van der Waals surface area contributed by atoms with Gasteiger partial charge in [-0.2, -0.15) is 4.39 Å². The summed E-state index contributed by atoms with van der Waals surface area (Å²) in [5.74, 6) is -1.17. The van der Waals surface area contributed by atoms with Crippen LogP contribution in [0.15, 0.2) is 22.8 Å². The summed E-state index contributed by atoms with van der Waals surface area (Å²) in [5.41, 5.74) is 0.227. The Bertz CT molecular complexity index is 379. The molecule has 0 saturated heterocycles. The monoisotopic (exact) mass is 259 g/mol. The van der Waals surface area contributed by atoms with Crippen LogP contribution in [0.4, 0.5) is 4.39 Å². The molecule has 0 atom stereocenters. The second-order valence-corrected chi connectivity index (χ2v) is 3.31. The summed E-state index contributed by atoms with van der Waals surface area (Å²) in [4.78, 5) is 14.2. The Kier molecular flexibility index (Phi) is 3.76. The molecule has 0 aliphatic carbocycles. The van der Waals surface area contributed by atoms with Gasteiger partial charge < -0.3 is 4.74 Å². The van der Waals surface area contributed by atoms with Gasteiger partial charge in [-0.1, -0.05) is 0 Å². The lowest BCUT2D eigenvalue weighted by Crippen LogP contribution is -1.94. The van der Waals surface area contributed by atoms with Gasteiger partial charge in [0.05, 0.1) is 7.11 Å². The van der Waals surface area contributed by atoms with Crippen molar-refractivity contribution in [2.75, 3.05) is 7.11 Å². The van der Waals surface area contributed by atoms with Gasteiger partial charge in [0, 0.05) is 22.3 Å². The molecular weight excluding hydrogens is 253 g/mol. The van der Waals surface area contributed by atoms with Gasteiger partial charge in [-0.05, 0) is 28.1 Å². The van der Waals surface area contributed by atoms with Crippen molar-refractivity contribution in [2.24, 2.45) is 0 Å². The molecule has 0 aromatic carbocycles. The molecule has 5 heteroatoms. The third-order valence-corrected chi connectivity index (χ3v) is 1.87. The number of carbonyl (C=O) groups is 1. The maximum atomic E-state index is 13.0. The standard InChI is InChI=1S/C9H7BrFNO2/c1-14-8(13)3-2-6-4-7(10)5-12-9(6)11/h2-5H,1H3. The number of methoxy groups -OCH3 is 1. The molecule has 1 heterocycles. The minimum Gasteiger partial charge on any atom is -0.466 e. The summed E-state index contributed by atoms with van der Waals surface area (Å²) in [6.45, 7) is 0. The van der Waals surface area contributed by atoms with E-state index in [0.717, 1.165) is 6.08 Å². The molecule has 1 rings (SSSR count). The quantitative estimate of drug-likeness (QED) is 0.464. The van der Waals surface area contributed by atoms with E-state index in [2.05, 4.69) is 25.7 Å². The normalized spacial score (nSPS) is 10.5. The van der Waals surface area contributed by atoms with Crippen molar-refractivity contribution >= 4 is 28.0 Å². The Morgan fingerprint density at radius 1 is 1.71 bits per heavy atom. The highest BCUT2D eigenvalue weighted by atomic mass is 79.9. The molecular formula is C9H7BrFNO2. The lowest BCUT2D eigenvalue weighted by atomic mass is 10.2. The number of hydrogen-bond donors (Lipinski definition) is 0. The van der Waals surface area contributed by atoms with Gasteiger partial charge in [-0.3, -0.25) is 0 Å². The molecule has 1 aromatic rings. The Labute approximate surface area is 88.7 Å². The van der Waals surface area contributed by atoms with Crippen LogP contribution in [0, 0.1) is 5.95 Å². The molecule has 0 spiro atoms. The van der Waals surface area contributed by atoms with Crippen LogP contribution in [0.2, 0.25) is 0 Å². The third-order valence-electron chi connectivity index (χ3n) is 1.43. The van der Waals surface area contributed by atoms with E-state index in [1.54, 1.807) is 0 Å². The van der Waals surface area contributed by atoms with Crippen LogP contribution < -0.4 is 0 Å². The predicted molar refractivity (Wildman–Crippen MR) is 52.9 cm³/mol. The predicted octanol–water partition coefficient (Wildman–Crippen LogP) is 2.17. The van der Waals surface area contributed by atoms with Gasteiger partial charge in [0.1, 0.15) is 0 Å². The highest BCUT2D eigenvalue weighted by molar-refractivity contribution is 9.10. The molecule has 0 bridgehead atoms. The van der Waals surface area contributed by atoms with E-state index in [9.17, 15) is 9.18 Å². The highest BCUT2D eigenvalue weighted by Gasteiger charge is 2.01.